The molecule has 0 heterocycles. The number of benzene rings is 2. The van der Waals surface area contributed by atoms with Gasteiger partial charge in [0.2, 0.25) is 0 Å². The molecule has 0 spiro atoms. The molecule has 0 unspecified atom stereocenters. The molecule has 2 N–H and O–H groups in total. The molecule has 94 valence electrons. The Balaban J connectivity index is 2.16. The number of halogens is 1. The molecule has 3 heteroatoms. The first-order chi connectivity index (χ1) is 8.56. The fourth-order valence-corrected chi connectivity index (χ4v) is 1.82. The predicted molar refractivity (Wildman–Crippen MR) is 71.3 cm³/mol. The lowest BCUT2D eigenvalue weighted by Gasteiger charge is -2.10. The zero-order valence-corrected chi connectivity index (χ0v) is 10.5. The van der Waals surface area contributed by atoms with Crippen molar-refractivity contribution in [2.24, 2.45) is 0 Å². The number of hydrogen-bond donors (Lipinski definition) is 2. The van der Waals surface area contributed by atoms with E-state index in [-0.39, 0.29) is 11.6 Å². The number of hydrogen-bond acceptors (Lipinski definition) is 2. The molecule has 2 aromatic rings. The van der Waals surface area contributed by atoms with Gasteiger partial charge < -0.3 is 10.4 Å². The Hall–Kier alpha value is -2.03. The lowest BCUT2D eigenvalue weighted by Crippen LogP contribution is -2.02. The van der Waals surface area contributed by atoms with Gasteiger partial charge in [0.15, 0.2) is 0 Å². The SMILES string of the molecule is Cc1ccc(O)c(CNc2cc(C)ccc2F)c1. The van der Waals surface area contributed by atoms with Crippen LogP contribution in [-0.2, 0) is 6.54 Å². The van der Waals surface area contributed by atoms with Crippen LogP contribution in [0, 0.1) is 19.7 Å². The summed E-state index contributed by atoms with van der Waals surface area (Å²) in [6.07, 6.45) is 0. The maximum atomic E-state index is 13.5. The van der Waals surface area contributed by atoms with Crippen molar-refractivity contribution in [3.63, 3.8) is 0 Å². The number of phenolic OH excluding ortho intramolecular Hbond substituents is 1. The van der Waals surface area contributed by atoms with Crippen LogP contribution in [0.25, 0.3) is 0 Å². The third-order valence-electron chi connectivity index (χ3n) is 2.83. The molecule has 18 heavy (non-hydrogen) atoms. The van der Waals surface area contributed by atoms with Crippen molar-refractivity contribution in [3.8, 4) is 5.75 Å². The van der Waals surface area contributed by atoms with E-state index in [1.165, 1.54) is 6.07 Å². The number of aryl methyl sites for hydroxylation is 2. The van der Waals surface area contributed by atoms with E-state index in [1.807, 2.05) is 26.0 Å². The summed E-state index contributed by atoms with van der Waals surface area (Å²) in [7, 11) is 0. The van der Waals surface area contributed by atoms with Crippen LogP contribution in [0.15, 0.2) is 36.4 Å². The molecule has 0 amide bonds. The maximum absolute atomic E-state index is 13.5. The fourth-order valence-electron chi connectivity index (χ4n) is 1.82. The topological polar surface area (TPSA) is 32.3 Å². The number of aromatic hydroxyl groups is 1. The van der Waals surface area contributed by atoms with Crippen LogP contribution >= 0.6 is 0 Å². The van der Waals surface area contributed by atoms with Crippen LogP contribution in [0.2, 0.25) is 0 Å². The first-order valence-corrected chi connectivity index (χ1v) is 5.85. The minimum absolute atomic E-state index is 0.223. The van der Waals surface area contributed by atoms with Crippen LogP contribution in [0.4, 0.5) is 10.1 Å². The molecule has 2 rings (SSSR count). The molecular weight excluding hydrogens is 229 g/mol. The van der Waals surface area contributed by atoms with Gasteiger partial charge in [0.05, 0.1) is 5.69 Å². The number of rotatable bonds is 3. The summed E-state index contributed by atoms with van der Waals surface area (Å²) in [5.74, 6) is -0.0612. The normalized spacial score (nSPS) is 10.4. The zero-order valence-electron chi connectivity index (χ0n) is 10.5. The van der Waals surface area contributed by atoms with Crippen molar-refractivity contribution in [2.75, 3.05) is 5.32 Å². The Morgan fingerprint density at radius 2 is 1.72 bits per heavy atom. The minimum atomic E-state index is -0.284. The second-order valence-corrected chi connectivity index (χ2v) is 4.47. The van der Waals surface area contributed by atoms with Crippen LogP contribution in [-0.4, -0.2) is 5.11 Å². The molecule has 0 atom stereocenters. The van der Waals surface area contributed by atoms with E-state index in [0.717, 1.165) is 16.7 Å². The minimum Gasteiger partial charge on any atom is -0.508 e. The predicted octanol–water partition coefficient (Wildman–Crippen LogP) is 3.76. The summed E-state index contributed by atoms with van der Waals surface area (Å²) < 4.78 is 13.5. The lowest BCUT2D eigenvalue weighted by molar-refractivity contribution is 0.469. The molecule has 0 radical (unpaired) electrons. The van der Waals surface area contributed by atoms with Crippen molar-refractivity contribution < 1.29 is 9.50 Å². The Labute approximate surface area is 106 Å². The van der Waals surface area contributed by atoms with Crippen LogP contribution < -0.4 is 5.32 Å². The average molecular weight is 245 g/mol. The van der Waals surface area contributed by atoms with E-state index in [0.29, 0.717) is 12.2 Å². The second kappa shape index (κ2) is 5.08. The Bertz CT molecular complexity index is 515. The maximum Gasteiger partial charge on any atom is 0.146 e. The van der Waals surface area contributed by atoms with E-state index >= 15 is 0 Å². The van der Waals surface area contributed by atoms with Gasteiger partial charge in [0, 0.05) is 12.1 Å². The van der Waals surface area contributed by atoms with E-state index in [1.54, 1.807) is 18.2 Å². The Kier molecular flexibility index (Phi) is 3.51. The quantitative estimate of drug-likeness (QED) is 0.863. The van der Waals surface area contributed by atoms with E-state index < -0.39 is 0 Å². The fraction of sp³-hybridized carbons (Fsp3) is 0.200. The number of anilines is 1. The van der Waals surface area contributed by atoms with Gasteiger partial charge in [-0.25, -0.2) is 4.39 Å². The lowest BCUT2D eigenvalue weighted by atomic mass is 10.1. The molecule has 0 aliphatic carbocycles. The van der Waals surface area contributed by atoms with E-state index in [4.69, 9.17) is 0 Å². The van der Waals surface area contributed by atoms with Crippen LogP contribution in [0.5, 0.6) is 5.75 Å². The molecule has 0 fully saturated rings. The highest BCUT2D eigenvalue weighted by Gasteiger charge is 2.04. The summed E-state index contributed by atoms with van der Waals surface area (Å²) >= 11 is 0. The number of nitrogens with one attached hydrogen (secondary N) is 1. The summed E-state index contributed by atoms with van der Waals surface area (Å²) in [5.41, 5.74) is 3.27. The van der Waals surface area contributed by atoms with Gasteiger partial charge in [-0.3, -0.25) is 0 Å². The van der Waals surface area contributed by atoms with Crippen molar-refractivity contribution >= 4 is 5.69 Å². The second-order valence-electron chi connectivity index (χ2n) is 4.47. The molecule has 2 nitrogen and oxygen atoms in total. The number of phenols is 1. The largest absolute Gasteiger partial charge is 0.508 e. The average Bonchev–Trinajstić information content (AvgIpc) is 2.34. The van der Waals surface area contributed by atoms with Gasteiger partial charge in [0.1, 0.15) is 11.6 Å². The highest BCUT2D eigenvalue weighted by atomic mass is 19.1. The van der Waals surface area contributed by atoms with Crippen LogP contribution in [0.3, 0.4) is 0 Å². The third-order valence-corrected chi connectivity index (χ3v) is 2.83. The molecule has 0 bridgehead atoms. The molecule has 0 aliphatic heterocycles. The van der Waals surface area contributed by atoms with Crippen molar-refractivity contribution in [1.82, 2.24) is 0 Å². The molecular formula is C15H16FNO. The third kappa shape index (κ3) is 2.80. The monoisotopic (exact) mass is 245 g/mol. The van der Waals surface area contributed by atoms with E-state index in [2.05, 4.69) is 5.32 Å². The molecule has 2 aromatic carbocycles. The summed E-state index contributed by atoms with van der Waals surface area (Å²) in [4.78, 5) is 0. The van der Waals surface area contributed by atoms with Gasteiger partial charge in [-0.15, -0.1) is 0 Å². The smallest absolute Gasteiger partial charge is 0.146 e. The first kappa shape index (κ1) is 12.4. The van der Waals surface area contributed by atoms with E-state index in [9.17, 15) is 9.50 Å². The summed E-state index contributed by atoms with van der Waals surface area (Å²) in [6.45, 7) is 4.26. The van der Waals surface area contributed by atoms with Gasteiger partial charge >= 0.3 is 0 Å². The molecule has 0 aliphatic rings. The van der Waals surface area contributed by atoms with Gasteiger partial charge in [-0.05, 0) is 37.6 Å². The summed E-state index contributed by atoms with van der Waals surface area (Å²) in [5, 5.41) is 12.7. The van der Waals surface area contributed by atoms with Crippen molar-refractivity contribution in [2.45, 2.75) is 20.4 Å². The first-order valence-electron chi connectivity index (χ1n) is 5.85. The molecule has 0 aromatic heterocycles. The van der Waals surface area contributed by atoms with Crippen molar-refractivity contribution in [1.29, 1.82) is 0 Å². The highest BCUT2D eigenvalue weighted by molar-refractivity contribution is 5.48. The molecule has 0 saturated heterocycles. The van der Waals surface area contributed by atoms with Crippen molar-refractivity contribution in [3.05, 3.63) is 58.9 Å². The van der Waals surface area contributed by atoms with Gasteiger partial charge in [-0.2, -0.15) is 0 Å². The Morgan fingerprint density at radius 3 is 2.50 bits per heavy atom. The zero-order chi connectivity index (χ0) is 13.1. The summed E-state index contributed by atoms with van der Waals surface area (Å²) in [6, 6.07) is 10.3. The van der Waals surface area contributed by atoms with Gasteiger partial charge in [0.25, 0.3) is 0 Å². The Morgan fingerprint density at radius 1 is 1.06 bits per heavy atom. The standard InChI is InChI=1S/C15H16FNO/c1-10-4-6-15(18)12(7-10)9-17-14-8-11(2)3-5-13(14)16/h3-8,17-18H,9H2,1-2H3. The molecule has 0 saturated carbocycles. The highest BCUT2D eigenvalue weighted by Crippen LogP contribution is 2.21. The van der Waals surface area contributed by atoms with Gasteiger partial charge in [-0.1, -0.05) is 23.8 Å². The van der Waals surface area contributed by atoms with Crippen LogP contribution in [0.1, 0.15) is 16.7 Å².